The number of carbonyl (C=O) groups is 1. The summed E-state index contributed by atoms with van der Waals surface area (Å²) in [6, 6.07) is 6.26. The van der Waals surface area contributed by atoms with Crippen LogP contribution >= 0.6 is 11.6 Å². The van der Waals surface area contributed by atoms with E-state index < -0.39 is 10.0 Å². The van der Waals surface area contributed by atoms with Gasteiger partial charge in [0.2, 0.25) is 15.9 Å². The van der Waals surface area contributed by atoms with Gasteiger partial charge >= 0.3 is 0 Å². The molecule has 21 heavy (non-hydrogen) atoms. The van der Waals surface area contributed by atoms with Gasteiger partial charge in [-0.1, -0.05) is 0 Å². The molecule has 0 radical (unpaired) electrons. The summed E-state index contributed by atoms with van der Waals surface area (Å²) in [6.07, 6.45) is 0. The molecule has 1 amide bonds. The van der Waals surface area contributed by atoms with Crippen LogP contribution in [0.15, 0.2) is 29.2 Å². The topological polar surface area (TPSA) is 66.9 Å². The number of piperazine rings is 1. The molecule has 1 heterocycles. The summed E-state index contributed by atoms with van der Waals surface area (Å²) in [5.41, 5.74) is 0. The lowest BCUT2D eigenvalue weighted by Gasteiger charge is -2.33. The van der Waals surface area contributed by atoms with Crippen molar-refractivity contribution >= 4 is 27.5 Å². The molecule has 0 atom stereocenters. The van der Waals surface area contributed by atoms with Gasteiger partial charge in [-0.15, -0.1) is 11.6 Å². The normalized spacial score (nSPS) is 16.8. The first-order valence-electron chi connectivity index (χ1n) is 6.47. The molecule has 8 heteroatoms. The van der Waals surface area contributed by atoms with Gasteiger partial charge in [0.1, 0.15) is 11.6 Å². The van der Waals surface area contributed by atoms with Gasteiger partial charge in [0.15, 0.2) is 0 Å². The second-order valence-electron chi connectivity index (χ2n) is 4.59. The summed E-state index contributed by atoms with van der Waals surface area (Å²) >= 11 is 5.50. The zero-order valence-electron chi connectivity index (χ0n) is 11.7. The first kappa shape index (κ1) is 16.1. The fraction of sp³-hybridized carbons (Fsp3) is 0.462. The Morgan fingerprint density at radius 2 is 1.76 bits per heavy atom. The number of nitrogens with zero attached hydrogens (tertiary/aromatic N) is 2. The smallest absolute Gasteiger partial charge is 0.243 e. The lowest BCUT2D eigenvalue weighted by Crippen LogP contribution is -2.50. The third-order valence-corrected chi connectivity index (χ3v) is 5.54. The van der Waals surface area contributed by atoms with Crippen molar-refractivity contribution in [1.82, 2.24) is 9.21 Å². The quantitative estimate of drug-likeness (QED) is 0.764. The Labute approximate surface area is 129 Å². The molecule has 0 saturated carbocycles. The van der Waals surface area contributed by atoms with Crippen LogP contribution in [-0.2, 0) is 14.8 Å². The standard InChI is InChI=1S/C13H17ClN2O4S/c1-20-11-2-4-12(5-3-11)21(18,19)16-8-6-15(7-9-16)13(17)10-14/h2-5H,6-10H2,1H3. The van der Waals surface area contributed by atoms with E-state index in [1.807, 2.05) is 0 Å². The molecule has 0 bridgehead atoms. The van der Waals surface area contributed by atoms with Gasteiger partial charge < -0.3 is 9.64 Å². The zero-order chi connectivity index (χ0) is 15.5. The summed E-state index contributed by atoms with van der Waals surface area (Å²) in [4.78, 5) is 13.3. The van der Waals surface area contributed by atoms with E-state index >= 15 is 0 Å². The average Bonchev–Trinajstić information content (AvgIpc) is 2.54. The van der Waals surface area contributed by atoms with Gasteiger partial charge in [0.25, 0.3) is 0 Å². The van der Waals surface area contributed by atoms with Crippen molar-refractivity contribution in [1.29, 1.82) is 0 Å². The molecule has 116 valence electrons. The van der Waals surface area contributed by atoms with Crippen molar-refractivity contribution in [3.05, 3.63) is 24.3 Å². The Balaban J connectivity index is 2.09. The van der Waals surface area contributed by atoms with Crippen molar-refractivity contribution in [3.63, 3.8) is 0 Å². The number of rotatable bonds is 4. The molecular formula is C13H17ClN2O4S. The number of halogens is 1. The Morgan fingerprint density at radius 1 is 1.19 bits per heavy atom. The Morgan fingerprint density at radius 3 is 2.24 bits per heavy atom. The highest BCUT2D eigenvalue weighted by atomic mass is 35.5. The molecular weight excluding hydrogens is 316 g/mol. The predicted octanol–water partition coefficient (Wildman–Crippen LogP) is 0.767. The van der Waals surface area contributed by atoms with E-state index in [9.17, 15) is 13.2 Å². The molecule has 1 aromatic carbocycles. The number of sulfonamides is 1. The SMILES string of the molecule is COc1ccc(S(=O)(=O)N2CCN(C(=O)CCl)CC2)cc1. The molecule has 0 unspecified atom stereocenters. The minimum atomic E-state index is -3.54. The fourth-order valence-corrected chi connectivity index (χ4v) is 3.75. The van der Waals surface area contributed by atoms with Crippen LogP contribution < -0.4 is 4.74 Å². The van der Waals surface area contributed by atoms with Crippen molar-refractivity contribution in [2.24, 2.45) is 0 Å². The van der Waals surface area contributed by atoms with Gasteiger partial charge in [-0.25, -0.2) is 8.42 Å². The maximum absolute atomic E-state index is 12.5. The molecule has 0 spiro atoms. The molecule has 0 aliphatic carbocycles. The van der Waals surface area contributed by atoms with E-state index in [-0.39, 0.29) is 29.8 Å². The molecule has 1 fully saturated rings. The van der Waals surface area contributed by atoms with Gasteiger partial charge in [0, 0.05) is 26.2 Å². The number of amides is 1. The van der Waals surface area contributed by atoms with E-state index in [1.54, 1.807) is 17.0 Å². The van der Waals surface area contributed by atoms with E-state index in [0.717, 1.165) is 0 Å². The monoisotopic (exact) mass is 332 g/mol. The van der Waals surface area contributed by atoms with Crippen LogP contribution in [0.1, 0.15) is 0 Å². The third-order valence-electron chi connectivity index (χ3n) is 3.40. The minimum Gasteiger partial charge on any atom is -0.497 e. The Kier molecular flexibility index (Phi) is 5.08. The summed E-state index contributed by atoms with van der Waals surface area (Å²) < 4.78 is 31.4. The van der Waals surface area contributed by atoms with Gasteiger partial charge in [-0.3, -0.25) is 4.79 Å². The molecule has 2 rings (SSSR count). The number of hydrogen-bond donors (Lipinski definition) is 0. The summed E-state index contributed by atoms with van der Waals surface area (Å²) in [5.74, 6) is 0.357. The van der Waals surface area contributed by atoms with E-state index in [4.69, 9.17) is 16.3 Å². The summed E-state index contributed by atoms with van der Waals surface area (Å²) in [6.45, 7) is 1.27. The van der Waals surface area contributed by atoms with Crippen LogP contribution in [-0.4, -0.2) is 62.7 Å². The molecule has 1 aromatic rings. The molecule has 1 saturated heterocycles. The fourth-order valence-electron chi connectivity index (χ4n) is 2.16. The van der Waals surface area contributed by atoms with E-state index in [2.05, 4.69) is 0 Å². The van der Waals surface area contributed by atoms with Crippen molar-refractivity contribution in [2.75, 3.05) is 39.2 Å². The number of ether oxygens (including phenoxy) is 1. The molecule has 0 N–H and O–H groups in total. The maximum Gasteiger partial charge on any atom is 0.243 e. The third kappa shape index (κ3) is 3.48. The van der Waals surface area contributed by atoms with Crippen LogP contribution in [0, 0.1) is 0 Å². The van der Waals surface area contributed by atoms with Gasteiger partial charge in [-0.2, -0.15) is 4.31 Å². The summed E-state index contributed by atoms with van der Waals surface area (Å²) in [7, 11) is -2.01. The average molecular weight is 333 g/mol. The molecule has 0 aromatic heterocycles. The van der Waals surface area contributed by atoms with Crippen LogP contribution in [0.3, 0.4) is 0 Å². The largest absolute Gasteiger partial charge is 0.497 e. The summed E-state index contributed by atoms with van der Waals surface area (Å²) in [5, 5.41) is 0. The first-order chi connectivity index (χ1) is 9.98. The van der Waals surface area contributed by atoms with Crippen molar-refractivity contribution in [2.45, 2.75) is 4.90 Å². The van der Waals surface area contributed by atoms with Crippen LogP contribution in [0.5, 0.6) is 5.75 Å². The van der Waals surface area contributed by atoms with Crippen LogP contribution in [0.4, 0.5) is 0 Å². The lowest BCUT2D eigenvalue weighted by molar-refractivity contribution is -0.129. The minimum absolute atomic E-state index is 0.0781. The van der Waals surface area contributed by atoms with Crippen molar-refractivity contribution in [3.8, 4) is 5.75 Å². The Hall–Kier alpha value is -1.31. The second kappa shape index (κ2) is 6.64. The maximum atomic E-state index is 12.5. The number of methoxy groups -OCH3 is 1. The molecule has 1 aliphatic heterocycles. The molecule has 6 nitrogen and oxygen atoms in total. The number of hydrogen-bond acceptors (Lipinski definition) is 4. The van der Waals surface area contributed by atoms with E-state index in [0.29, 0.717) is 18.8 Å². The highest BCUT2D eigenvalue weighted by Crippen LogP contribution is 2.20. The highest BCUT2D eigenvalue weighted by molar-refractivity contribution is 7.89. The molecule has 1 aliphatic rings. The number of carbonyl (C=O) groups excluding carboxylic acids is 1. The number of benzene rings is 1. The number of alkyl halides is 1. The second-order valence-corrected chi connectivity index (χ2v) is 6.80. The zero-order valence-corrected chi connectivity index (χ0v) is 13.2. The first-order valence-corrected chi connectivity index (χ1v) is 8.44. The van der Waals surface area contributed by atoms with Crippen LogP contribution in [0.25, 0.3) is 0 Å². The van der Waals surface area contributed by atoms with Crippen molar-refractivity contribution < 1.29 is 17.9 Å². The van der Waals surface area contributed by atoms with E-state index in [1.165, 1.54) is 23.5 Å². The van der Waals surface area contributed by atoms with Gasteiger partial charge in [0.05, 0.1) is 12.0 Å². The predicted molar refractivity (Wildman–Crippen MR) is 79.1 cm³/mol. The highest BCUT2D eigenvalue weighted by Gasteiger charge is 2.29. The lowest BCUT2D eigenvalue weighted by atomic mass is 10.3. The van der Waals surface area contributed by atoms with Gasteiger partial charge in [-0.05, 0) is 24.3 Å². The van der Waals surface area contributed by atoms with Crippen LogP contribution in [0.2, 0.25) is 0 Å². The Bertz CT molecular complexity index is 595.